The van der Waals surface area contributed by atoms with Crippen LogP contribution in [-0.2, 0) is 10.0 Å². The molecule has 0 bridgehead atoms. The van der Waals surface area contributed by atoms with Gasteiger partial charge in [-0.3, -0.25) is 4.79 Å². The van der Waals surface area contributed by atoms with Crippen LogP contribution in [0.25, 0.3) is 11.3 Å². The third-order valence-corrected chi connectivity index (χ3v) is 7.37. The van der Waals surface area contributed by atoms with E-state index in [1.165, 1.54) is 17.0 Å². The molecule has 0 aliphatic carbocycles. The summed E-state index contributed by atoms with van der Waals surface area (Å²) in [4.78, 5) is 19.1. The lowest BCUT2D eigenvalue weighted by molar-refractivity contribution is 0.0127. The van der Waals surface area contributed by atoms with Gasteiger partial charge in [0.2, 0.25) is 10.0 Å². The molecule has 8 nitrogen and oxygen atoms in total. The van der Waals surface area contributed by atoms with Gasteiger partial charge in [-0.05, 0) is 25.3 Å². The number of fused-ring (bicyclic) bond motifs is 1. The maximum atomic E-state index is 13.3. The van der Waals surface area contributed by atoms with Crippen LogP contribution in [0.1, 0.15) is 22.5 Å². The van der Waals surface area contributed by atoms with Crippen LogP contribution in [0.5, 0.6) is 0 Å². The fourth-order valence-corrected chi connectivity index (χ4v) is 5.47. The first kappa shape index (κ1) is 20.1. The molecule has 4 rings (SSSR count). The van der Waals surface area contributed by atoms with Crippen molar-refractivity contribution < 1.29 is 22.7 Å². The number of aliphatic hydroxyl groups excluding tert-OH is 1. The number of carbonyl (C=O) groups is 1. The third-order valence-electron chi connectivity index (χ3n) is 6.16. The Labute approximate surface area is 170 Å². The second-order valence-electron chi connectivity index (χ2n) is 8.19. The van der Waals surface area contributed by atoms with Crippen molar-refractivity contribution in [3.05, 3.63) is 41.9 Å². The number of aryl methyl sites for hydroxylation is 1. The summed E-state index contributed by atoms with van der Waals surface area (Å²) in [5.74, 6) is 0.183. The molecule has 2 aliphatic heterocycles. The Hall–Kier alpha value is -2.23. The number of nitrogens with zero attached hydrogens (tertiary/aromatic N) is 3. The van der Waals surface area contributed by atoms with Gasteiger partial charge in [0, 0.05) is 37.2 Å². The highest BCUT2D eigenvalue weighted by molar-refractivity contribution is 7.88. The van der Waals surface area contributed by atoms with Crippen LogP contribution in [0.3, 0.4) is 0 Å². The third kappa shape index (κ3) is 3.58. The van der Waals surface area contributed by atoms with Crippen molar-refractivity contribution in [3.63, 3.8) is 0 Å². The van der Waals surface area contributed by atoms with Gasteiger partial charge in [-0.25, -0.2) is 17.7 Å². The van der Waals surface area contributed by atoms with Gasteiger partial charge in [0.25, 0.3) is 5.91 Å². The fraction of sp³-hybridized carbons (Fsp3) is 0.500. The summed E-state index contributed by atoms with van der Waals surface area (Å²) in [6.45, 7) is 3.18. The Morgan fingerprint density at radius 3 is 2.86 bits per heavy atom. The van der Waals surface area contributed by atoms with Crippen LogP contribution < -0.4 is 0 Å². The first-order valence-corrected chi connectivity index (χ1v) is 11.4. The van der Waals surface area contributed by atoms with E-state index in [1.54, 1.807) is 4.90 Å². The molecule has 156 valence electrons. The minimum absolute atomic E-state index is 0.0276. The van der Waals surface area contributed by atoms with Crippen LogP contribution in [0, 0.1) is 18.3 Å². The van der Waals surface area contributed by atoms with Crippen LogP contribution in [-0.4, -0.2) is 72.7 Å². The van der Waals surface area contributed by atoms with E-state index >= 15 is 0 Å². The second-order valence-corrected chi connectivity index (χ2v) is 10.2. The summed E-state index contributed by atoms with van der Waals surface area (Å²) in [7, 11) is -3.35. The Kier molecular flexibility index (Phi) is 5.00. The van der Waals surface area contributed by atoms with E-state index in [9.17, 15) is 18.3 Å². The average Bonchev–Trinajstić information content (AvgIpc) is 3.32. The molecule has 0 unspecified atom stereocenters. The minimum atomic E-state index is -3.35. The van der Waals surface area contributed by atoms with Crippen molar-refractivity contribution >= 4 is 15.9 Å². The zero-order valence-corrected chi connectivity index (χ0v) is 17.4. The standard InChI is InChI=1S/C20H25N3O5S/c1-14-4-3-5-15(8-14)18-17(21-13-28-18)19(25)22-7-6-16-9-23(29(2,26)27)11-20(16,10-22)12-24/h3-5,8,13,16,24H,6-7,9-12H2,1-2H3/t16-,20+/m1/s1. The molecule has 2 aliphatic rings. The van der Waals surface area contributed by atoms with Gasteiger partial charge < -0.3 is 14.4 Å². The smallest absolute Gasteiger partial charge is 0.276 e. The Morgan fingerprint density at radius 2 is 2.17 bits per heavy atom. The molecule has 2 atom stereocenters. The molecule has 0 radical (unpaired) electrons. The Balaban J connectivity index is 1.60. The van der Waals surface area contributed by atoms with Crippen molar-refractivity contribution in [3.8, 4) is 11.3 Å². The monoisotopic (exact) mass is 419 g/mol. The molecular weight excluding hydrogens is 394 g/mol. The lowest BCUT2D eigenvalue weighted by atomic mass is 9.74. The van der Waals surface area contributed by atoms with Gasteiger partial charge in [-0.15, -0.1) is 0 Å². The predicted octanol–water partition coefficient (Wildman–Crippen LogP) is 1.37. The van der Waals surface area contributed by atoms with Gasteiger partial charge in [-0.1, -0.05) is 23.8 Å². The second kappa shape index (κ2) is 7.23. The number of rotatable bonds is 4. The summed E-state index contributed by atoms with van der Waals surface area (Å²) in [6.07, 6.45) is 3.08. The van der Waals surface area contributed by atoms with Crippen molar-refractivity contribution in [2.24, 2.45) is 11.3 Å². The average molecular weight is 420 g/mol. The molecule has 0 saturated carbocycles. The summed E-state index contributed by atoms with van der Waals surface area (Å²) in [6, 6.07) is 7.66. The number of likely N-dealkylation sites (tertiary alicyclic amines) is 1. The van der Waals surface area contributed by atoms with Crippen molar-refractivity contribution in [1.29, 1.82) is 0 Å². The molecule has 2 fully saturated rings. The topological polar surface area (TPSA) is 104 Å². The quantitative estimate of drug-likeness (QED) is 0.803. The van der Waals surface area contributed by atoms with E-state index in [1.807, 2.05) is 31.2 Å². The molecular formula is C20H25N3O5S. The molecule has 2 saturated heterocycles. The SMILES string of the molecule is Cc1cccc(-c2ocnc2C(=O)N2CC[C@@H]3CN(S(C)(=O)=O)C[C@]3(CO)C2)c1. The van der Waals surface area contributed by atoms with Gasteiger partial charge in [0.05, 0.1) is 12.9 Å². The van der Waals surface area contributed by atoms with Crippen LogP contribution in [0.15, 0.2) is 35.1 Å². The summed E-state index contributed by atoms with van der Waals surface area (Å²) >= 11 is 0. The zero-order chi connectivity index (χ0) is 20.8. The number of hydrogen-bond donors (Lipinski definition) is 1. The van der Waals surface area contributed by atoms with E-state index in [4.69, 9.17) is 4.42 Å². The number of piperidine rings is 1. The lowest BCUT2D eigenvalue weighted by Crippen LogP contribution is -2.52. The number of carbonyl (C=O) groups excluding carboxylic acids is 1. The van der Waals surface area contributed by atoms with Gasteiger partial charge in [-0.2, -0.15) is 0 Å². The molecule has 1 N–H and O–H groups in total. The van der Waals surface area contributed by atoms with Crippen molar-refractivity contribution in [2.75, 3.05) is 39.0 Å². The van der Waals surface area contributed by atoms with Crippen LogP contribution in [0.2, 0.25) is 0 Å². The van der Waals surface area contributed by atoms with E-state index in [0.29, 0.717) is 31.8 Å². The lowest BCUT2D eigenvalue weighted by Gasteiger charge is -2.42. The summed E-state index contributed by atoms with van der Waals surface area (Å²) < 4.78 is 30.9. The summed E-state index contributed by atoms with van der Waals surface area (Å²) in [5, 5.41) is 10.1. The largest absolute Gasteiger partial charge is 0.443 e. The Bertz CT molecular complexity index is 1030. The van der Waals surface area contributed by atoms with E-state index in [0.717, 1.165) is 11.1 Å². The van der Waals surface area contributed by atoms with Crippen molar-refractivity contribution in [1.82, 2.24) is 14.2 Å². The molecule has 3 heterocycles. The highest BCUT2D eigenvalue weighted by Gasteiger charge is 2.52. The maximum Gasteiger partial charge on any atom is 0.276 e. The number of sulfonamides is 1. The zero-order valence-electron chi connectivity index (χ0n) is 16.5. The van der Waals surface area contributed by atoms with Gasteiger partial charge >= 0.3 is 0 Å². The number of aromatic nitrogens is 1. The van der Waals surface area contributed by atoms with Crippen LogP contribution >= 0.6 is 0 Å². The minimum Gasteiger partial charge on any atom is -0.443 e. The van der Waals surface area contributed by atoms with E-state index < -0.39 is 15.4 Å². The number of oxazole rings is 1. The molecule has 1 aromatic heterocycles. The molecule has 2 aromatic rings. The number of amides is 1. The fourth-order valence-electron chi connectivity index (χ4n) is 4.53. The molecule has 1 amide bonds. The van der Waals surface area contributed by atoms with E-state index in [2.05, 4.69) is 4.98 Å². The highest BCUT2D eigenvalue weighted by atomic mass is 32.2. The first-order valence-electron chi connectivity index (χ1n) is 9.59. The van der Waals surface area contributed by atoms with Gasteiger partial charge in [0.15, 0.2) is 17.8 Å². The molecule has 0 spiro atoms. The van der Waals surface area contributed by atoms with Crippen molar-refractivity contribution in [2.45, 2.75) is 13.3 Å². The number of benzene rings is 1. The van der Waals surface area contributed by atoms with E-state index in [-0.39, 0.29) is 30.7 Å². The molecule has 9 heteroatoms. The highest BCUT2D eigenvalue weighted by Crippen LogP contribution is 2.43. The molecule has 29 heavy (non-hydrogen) atoms. The molecule has 1 aromatic carbocycles. The number of hydrogen-bond acceptors (Lipinski definition) is 6. The Morgan fingerprint density at radius 1 is 1.38 bits per heavy atom. The normalized spacial score (nSPS) is 25.2. The predicted molar refractivity (Wildman–Crippen MR) is 107 cm³/mol. The maximum absolute atomic E-state index is 13.3. The first-order chi connectivity index (χ1) is 13.7. The van der Waals surface area contributed by atoms with Crippen LogP contribution in [0.4, 0.5) is 0 Å². The summed E-state index contributed by atoms with van der Waals surface area (Å²) in [5.41, 5.74) is 1.41. The number of aliphatic hydroxyl groups is 1. The van der Waals surface area contributed by atoms with Gasteiger partial charge in [0.1, 0.15) is 0 Å².